The second kappa shape index (κ2) is 9.02. The average Bonchev–Trinajstić information content (AvgIpc) is 3.24. The highest BCUT2D eigenvalue weighted by Gasteiger charge is 2.29. The number of benzene rings is 1. The number of nitrogens with two attached hydrogens (primary N) is 1. The molecule has 2 unspecified atom stereocenters. The normalized spacial score (nSPS) is 19.4. The van der Waals surface area contributed by atoms with Gasteiger partial charge in [0.15, 0.2) is 0 Å². The van der Waals surface area contributed by atoms with Gasteiger partial charge in [-0.15, -0.1) is 12.4 Å². The summed E-state index contributed by atoms with van der Waals surface area (Å²) in [6.45, 7) is 0.728. The zero-order valence-electron chi connectivity index (χ0n) is 14.6. The molecule has 2 atom stereocenters. The minimum absolute atomic E-state index is 0. The number of carbonyl (C=O) groups is 1. The maximum atomic E-state index is 12.4. The summed E-state index contributed by atoms with van der Waals surface area (Å²) in [7, 11) is 1.88. The van der Waals surface area contributed by atoms with Gasteiger partial charge in [0, 0.05) is 43.6 Å². The smallest absolute Gasteiger partial charge is 0.225 e. The molecule has 0 radical (unpaired) electrons. The fourth-order valence-electron chi connectivity index (χ4n) is 3.33. The van der Waals surface area contributed by atoms with E-state index in [2.05, 4.69) is 5.16 Å². The van der Waals surface area contributed by atoms with Gasteiger partial charge in [-0.25, -0.2) is 0 Å². The molecule has 5 nitrogen and oxygen atoms in total. The molecule has 0 aliphatic heterocycles. The van der Waals surface area contributed by atoms with E-state index >= 15 is 0 Å². The molecule has 1 saturated carbocycles. The molecule has 1 aliphatic carbocycles. The van der Waals surface area contributed by atoms with E-state index in [1.807, 2.05) is 48.3 Å². The number of carbonyl (C=O) groups excluding carboxylic acids is 1. The number of hydrogen-bond donors (Lipinski definition) is 1. The first kappa shape index (κ1) is 19.5. The lowest BCUT2D eigenvalue weighted by Gasteiger charge is -2.20. The highest BCUT2D eigenvalue weighted by atomic mass is 35.5. The highest BCUT2D eigenvalue weighted by Crippen LogP contribution is 2.26. The first-order valence-electron chi connectivity index (χ1n) is 8.65. The molecule has 3 rings (SSSR count). The number of nitrogens with zero attached hydrogens (tertiary/aromatic N) is 2. The van der Waals surface area contributed by atoms with Crippen LogP contribution in [0.2, 0.25) is 0 Å². The van der Waals surface area contributed by atoms with Gasteiger partial charge in [0.2, 0.25) is 5.91 Å². The number of aromatic nitrogens is 1. The van der Waals surface area contributed by atoms with Crippen LogP contribution in [0.1, 0.15) is 31.4 Å². The van der Waals surface area contributed by atoms with Crippen LogP contribution < -0.4 is 5.73 Å². The Balaban J connectivity index is 0.00000225. The summed E-state index contributed by atoms with van der Waals surface area (Å²) in [5.41, 5.74) is 7.81. The van der Waals surface area contributed by atoms with Crippen molar-refractivity contribution >= 4 is 18.3 Å². The Hall–Kier alpha value is -1.85. The molecular formula is C19H26ClN3O2. The van der Waals surface area contributed by atoms with Gasteiger partial charge in [0.1, 0.15) is 11.5 Å². The molecule has 1 aliphatic rings. The van der Waals surface area contributed by atoms with E-state index in [0.29, 0.717) is 0 Å². The van der Waals surface area contributed by atoms with Crippen molar-refractivity contribution in [1.82, 2.24) is 10.1 Å². The van der Waals surface area contributed by atoms with Crippen LogP contribution in [0.3, 0.4) is 0 Å². The van der Waals surface area contributed by atoms with Crippen LogP contribution in [-0.4, -0.2) is 35.6 Å². The molecule has 25 heavy (non-hydrogen) atoms. The summed E-state index contributed by atoms with van der Waals surface area (Å²) in [5, 5.41) is 4.12. The van der Waals surface area contributed by atoms with Crippen LogP contribution in [0.15, 0.2) is 40.9 Å². The molecule has 1 aromatic carbocycles. The SMILES string of the molecule is CN(CCCc1cc(-c2ccccc2)no1)C(=O)C1CCC(N)C1.Cl. The molecule has 0 saturated heterocycles. The number of rotatable bonds is 6. The summed E-state index contributed by atoms with van der Waals surface area (Å²) in [4.78, 5) is 14.2. The summed E-state index contributed by atoms with van der Waals surface area (Å²) in [6, 6.07) is 12.2. The molecule has 2 N–H and O–H groups in total. The van der Waals surface area contributed by atoms with Crippen LogP contribution in [0.5, 0.6) is 0 Å². The topological polar surface area (TPSA) is 72.4 Å². The summed E-state index contributed by atoms with van der Waals surface area (Å²) in [6.07, 6.45) is 4.36. The Labute approximate surface area is 155 Å². The van der Waals surface area contributed by atoms with E-state index < -0.39 is 0 Å². The first-order valence-corrected chi connectivity index (χ1v) is 8.65. The van der Waals surface area contributed by atoms with Gasteiger partial charge < -0.3 is 15.2 Å². The third-order valence-corrected chi connectivity index (χ3v) is 4.74. The van der Waals surface area contributed by atoms with Gasteiger partial charge in [-0.1, -0.05) is 35.5 Å². The maximum absolute atomic E-state index is 12.4. The second-order valence-electron chi connectivity index (χ2n) is 6.68. The third-order valence-electron chi connectivity index (χ3n) is 4.74. The quantitative estimate of drug-likeness (QED) is 0.854. The number of amides is 1. The zero-order chi connectivity index (χ0) is 16.9. The largest absolute Gasteiger partial charge is 0.361 e. The van der Waals surface area contributed by atoms with Crippen LogP contribution in [0.4, 0.5) is 0 Å². The molecule has 1 aromatic heterocycles. The Morgan fingerprint density at radius 2 is 2.08 bits per heavy atom. The highest BCUT2D eigenvalue weighted by molar-refractivity contribution is 5.85. The van der Waals surface area contributed by atoms with Crippen LogP contribution >= 0.6 is 12.4 Å². The summed E-state index contributed by atoms with van der Waals surface area (Å²) in [5.74, 6) is 1.20. The third kappa shape index (κ3) is 5.06. The van der Waals surface area contributed by atoms with Crippen molar-refractivity contribution in [3.05, 3.63) is 42.2 Å². The Bertz CT molecular complexity index is 674. The Kier molecular flexibility index (Phi) is 7.02. The van der Waals surface area contributed by atoms with Crippen molar-refractivity contribution in [2.45, 2.75) is 38.1 Å². The van der Waals surface area contributed by atoms with E-state index in [1.165, 1.54) is 0 Å². The zero-order valence-corrected chi connectivity index (χ0v) is 15.4. The number of halogens is 1. The fraction of sp³-hybridized carbons (Fsp3) is 0.474. The van der Waals surface area contributed by atoms with Gasteiger partial charge >= 0.3 is 0 Å². The minimum Gasteiger partial charge on any atom is -0.361 e. The van der Waals surface area contributed by atoms with Gasteiger partial charge in [-0.2, -0.15) is 0 Å². The van der Waals surface area contributed by atoms with Crippen molar-refractivity contribution in [1.29, 1.82) is 0 Å². The predicted molar refractivity (Wildman–Crippen MR) is 100 cm³/mol. The maximum Gasteiger partial charge on any atom is 0.225 e. The summed E-state index contributed by atoms with van der Waals surface area (Å²) >= 11 is 0. The van der Waals surface area contributed by atoms with Crippen molar-refractivity contribution in [3.8, 4) is 11.3 Å². The molecule has 6 heteroatoms. The summed E-state index contributed by atoms with van der Waals surface area (Å²) < 4.78 is 5.41. The monoisotopic (exact) mass is 363 g/mol. The number of aryl methyl sites for hydroxylation is 1. The van der Waals surface area contributed by atoms with Crippen molar-refractivity contribution < 1.29 is 9.32 Å². The second-order valence-corrected chi connectivity index (χ2v) is 6.68. The van der Waals surface area contributed by atoms with Gasteiger partial charge in [-0.05, 0) is 25.7 Å². The van der Waals surface area contributed by atoms with Gasteiger partial charge in [0.05, 0.1) is 0 Å². The molecule has 136 valence electrons. The van der Waals surface area contributed by atoms with Crippen LogP contribution in [0, 0.1) is 5.92 Å². The number of hydrogen-bond acceptors (Lipinski definition) is 4. The lowest BCUT2D eigenvalue weighted by Crippen LogP contribution is -2.33. The van der Waals surface area contributed by atoms with Crippen molar-refractivity contribution in [2.75, 3.05) is 13.6 Å². The van der Waals surface area contributed by atoms with E-state index in [9.17, 15) is 4.79 Å². The Morgan fingerprint density at radius 1 is 1.32 bits per heavy atom. The lowest BCUT2D eigenvalue weighted by molar-refractivity contribution is -0.134. The van der Waals surface area contributed by atoms with Gasteiger partial charge in [0.25, 0.3) is 0 Å². The fourth-order valence-corrected chi connectivity index (χ4v) is 3.33. The molecule has 1 fully saturated rings. The van der Waals surface area contributed by atoms with E-state index in [4.69, 9.17) is 10.3 Å². The molecule has 0 bridgehead atoms. The molecule has 0 spiro atoms. The van der Waals surface area contributed by atoms with E-state index in [-0.39, 0.29) is 30.3 Å². The van der Waals surface area contributed by atoms with Crippen LogP contribution in [-0.2, 0) is 11.2 Å². The van der Waals surface area contributed by atoms with Crippen molar-refractivity contribution in [2.24, 2.45) is 11.7 Å². The Morgan fingerprint density at radius 3 is 2.76 bits per heavy atom. The molecular weight excluding hydrogens is 338 g/mol. The lowest BCUT2D eigenvalue weighted by atomic mass is 10.1. The minimum atomic E-state index is 0. The van der Waals surface area contributed by atoms with E-state index in [0.717, 1.165) is 55.7 Å². The molecule has 1 amide bonds. The first-order chi connectivity index (χ1) is 11.6. The standard InChI is InChI=1S/C19H25N3O2.ClH/c1-22(19(23)15-9-10-16(20)12-15)11-5-8-17-13-18(21-24-17)14-6-3-2-4-7-14;/h2-4,6-7,13,15-16H,5,8-12,20H2,1H3;1H. The van der Waals surface area contributed by atoms with E-state index in [1.54, 1.807) is 0 Å². The molecule has 1 heterocycles. The predicted octanol–water partition coefficient (Wildman–Crippen LogP) is 3.28. The van der Waals surface area contributed by atoms with Gasteiger partial charge in [-0.3, -0.25) is 4.79 Å². The van der Waals surface area contributed by atoms with Crippen LogP contribution in [0.25, 0.3) is 11.3 Å². The average molecular weight is 364 g/mol. The van der Waals surface area contributed by atoms with Crippen molar-refractivity contribution in [3.63, 3.8) is 0 Å². The molecule has 2 aromatic rings.